The zero-order chi connectivity index (χ0) is 38.4. The number of nitrogens with one attached hydrogen (secondary N) is 1. The van der Waals surface area contributed by atoms with Crippen LogP contribution in [0.15, 0.2) is 109 Å². The number of ether oxygens (including phenoxy) is 6. The van der Waals surface area contributed by atoms with E-state index in [0.717, 1.165) is 51.1 Å². The third-order valence-electron chi connectivity index (χ3n) is 9.53. The molecule has 0 spiro atoms. The van der Waals surface area contributed by atoms with Gasteiger partial charge in [0, 0.05) is 42.3 Å². The molecule has 1 heterocycles. The van der Waals surface area contributed by atoms with E-state index in [1.54, 1.807) is 26.4 Å². The van der Waals surface area contributed by atoms with E-state index in [9.17, 15) is 14.9 Å². The Balaban J connectivity index is 1.10. The van der Waals surface area contributed by atoms with Crippen LogP contribution in [0.1, 0.15) is 34.6 Å². The van der Waals surface area contributed by atoms with Crippen LogP contribution in [0.2, 0.25) is 0 Å². The highest BCUT2D eigenvalue weighted by Gasteiger charge is 2.36. The van der Waals surface area contributed by atoms with Gasteiger partial charge in [0.25, 0.3) is 5.09 Å². The normalized spacial score (nSPS) is 16.7. The van der Waals surface area contributed by atoms with Crippen molar-refractivity contribution < 1.29 is 43.1 Å². The molecule has 1 N–H and O–H groups in total. The molecule has 0 amide bonds. The Morgan fingerprint density at radius 2 is 1.60 bits per heavy atom. The van der Waals surface area contributed by atoms with Crippen molar-refractivity contribution in [2.45, 2.75) is 38.1 Å². The predicted molar refractivity (Wildman–Crippen MR) is 206 cm³/mol. The minimum Gasteiger partial charge on any atom is -0.496 e. The molecule has 1 fully saturated rings. The molecular weight excluding hydrogens is 704 g/mol. The second-order valence-electron chi connectivity index (χ2n) is 13.3. The van der Waals surface area contributed by atoms with Gasteiger partial charge in [-0.25, -0.2) is 0 Å². The summed E-state index contributed by atoms with van der Waals surface area (Å²) in [6, 6.07) is 34.2. The van der Waals surface area contributed by atoms with Crippen LogP contribution in [-0.2, 0) is 38.6 Å². The molecule has 1 aliphatic heterocycles. The Bertz CT molecular complexity index is 2020. The largest absolute Gasteiger partial charge is 0.496 e. The van der Waals surface area contributed by atoms with Crippen LogP contribution in [0.25, 0.3) is 10.8 Å². The SMILES string of the molecule is COc1ccccc1COCCCOc1ccc(C2C(COC(=O)Cc3cccc(O[N+](=O)[O-])c3)CNCC2OCc2cc(OC)c3ccccc3c2)cc1. The van der Waals surface area contributed by atoms with Gasteiger partial charge in [-0.15, -0.1) is 10.1 Å². The van der Waals surface area contributed by atoms with Crippen molar-refractivity contribution in [2.75, 3.05) is 47.1 Å². The van der Waals surface area contributed by atoms with Crippen molar-refractivity contribution in [3.63, 3.8) is 0 Å². The highest BCUT2D eigenvalue weighted by molar-refractivity contribution is 5.89. The minimum atomic E-state index is -0.886. The number of methoxy groups -OCH3 is 2. The number of carbonyl (C=O) groups excluding carboxylic acids is 1. The number of fused-ring (bicyclic) bond motifs is 1. The Labute approximate surface area is 320 Å². The number of para-hydroxylation sites is 1. The number of nitrogens with zero attached hydrogens (tertiary/aromatic N) is 1. The van der Waals surface area contributed by atoms with Crippen LogP contribution >= 0.6 is 0 Å². The first-order valence-electron chi connectivity index (χ1n) is 18.3. The van der Waals surface area contributed by atoms with E-state index in [-0.39, 0.29) is 36.7 Å². The zero-order valence-corrected chi connectivity index (χ0v) is 31.0. The van der Waals surface area contributed by atoms with E-state index in [1.807, 2.05) is 60.7 Å². The van der Waals surface area contributed by atoms with Gasteiger partial charge in [-0.1, -0.05) is 66.7 Å². The lowest BCUT2D eigenvalue weighted by Crippen LogP contribution is -2.48. The molecular formula is C43H46N2O10. The summed E-state index contributed by atoms with van der Waals surface area (Å²) in [6.07, 6.45) is 0.431. The van der Waals surface area contributed by atoms with Crippen LogP contribution in [0.4, 0.5) is 0 Å². The molecule has 55 heavy (non-hydrogen) atoms. The van der Waals surface area contributed by atoms with E-state index in [0.29, 0.717) is 45.1 Å². The third-order valence-corrected chi connectivity index (χ3v) is 9.53. The quantitative estimate of drug-likeness (QED) is 0.0401. The zero-order valence-electron chi connectivity index (χ0n) is 31.0. The van der Waals surface area contributed by atoms with Crippen molar-refractivity contribution >= 4 is 16.7 Å². The second kappa shape index (κ2) is 19.6. The molecule has 6 rings (SSSR count). The van der Waals surface area contributed by atoms with Crippen LogP contribution in [0.5, 0.6) is 23.0 Å². The van der Waals surface area contributed by atoms with Crippen LogP contribution in [0.3, 0.4) is 0 Å². The molecule has 5 aromatic carbocycles. The third kappa shape index (κ3) is 10.9. The number of carbonyl (C=O) groups is 1. The molecule has 1 aliphatic rings. The van der Waals surface area contributed by atoms with Gasteiger partial charge < -0.3 is 33.7 Å². The van der Waals surface area contributed by atoms with E-state index in [4.69, 9.17) is 28.4 Å². The molecule has 12 heteroatoms. The van der Waals surface area contributed by atoms with Crippen molar-refractivity contribution in [1.82, 2.24) is 5.32 Å². The van der Waals surface area contributed by atoms with Gasteiger partial charge in [-0.05, 0) is 64.5 Å². The molecule has 0 aliphatic carbocycles. The summed E-state index contributed by atoms with van der Waals surface area (Å²) >= 11 is 0. The average molecular weight is 751 g/mol. The lowest BCUT2D eigenvalue weighted by atomic mass is 9.79. The molecule has 0 saturated carbocycles. The summed E-state index contributed by atoms with van der Waals surface area (Å²) in [5, 5.41) is 15.5. The van der Waals surface area contributed by atoms with Gasteiger partial charge in [-0.3, -0.25) is 9.63 Å². The van der Waals surface area contributed by atoms with E-state index in [1.165, 1.54) is 12.1 Å². The Morgan fingerprint density at radius 1 is 0.800 bits per heavy atom. The lowest BCUT2D eigenvalue weighted by molar-refractivity contribution is -0.711. The minimum absolute atomic E-state index is 0.0423. The lowest BCUT2D eigenvalue weighted by Gasteiger charge is -2.38. The van der Waals surface area contributed by atoms with Crippen molar-refractivity contribution in [3.8, 4) is 23.0 Å². The van der Waals surface area contributed by atoms with E-state index < -0.39 is 11.1 Å². The number of piperidine rings is 1. The van der Waals surface area contributed by atoms with Gasteiger partial charge in [-0.2, -0.15) is 0 Å². The average Bonchev–Trinajstić information content (AvgIpc) is 3.20. The molecule has 12 nitrogen and oxygen atoms in total. The summed E-state index contributed by atoms with van der Waals surface area (Å²) in [5.74, 6) is 1.72. The Kier molecular flexibility index (Phi) is 13.9. The summed E-state index contributed by atoms with van der Waals surface area (Å²) in [7, 11) is 3.32. The second-order valence-corrected chi connectivity index (χ2v) is 13.3. The standard InChI is InChI=1S/C43H46N2O10/c1-49-39-14-6-4-11-34(39)28-51-19-8-20-52-36-17-15-32(16-18-36)43-35(29-54-42(46)24-30-9-7-12-37(22-30)55-45(47)48)25-44-26-41(43)53-27-31-21-33-10-3-5-13-38(33)40(23-31)50-2/h3-7,9-18,21-23,35,41,43-44H,8,19-20,24-29H2,1-2H3. The molecule has 1 saturated heterocycles. The maximum atomic E-state index is 13.0. The molecule has 288 valence electrons. The maximum absolute atomic E-state index is 13.0. The number of hydrogen-bond donors (Lipinski definition) is 1. The summed E-state index contributed by atoms with van der Waals surface area (Å²) in [6.45, 7) is 3.25. The predicted octanol–water partition coefficient (Wildman–Crippen LogP) is 7.09. The first-order chi connectivity index (χ1) is 26.9. The van der Waals surface area contributed by atoms with Crippen molar-refractivity contribution in [3.05, 3.63) is 142 Å². The van der Waals surface area contributed by atoms with Crippen molar-refractivity contribution in [1.29, 1.82) is 0 Å². The molecule has 3 unspecified atom stereocenters. The Hall–Kier alpha value is -5.69. The summed E-state index contributed by atoms with van der Waals surface area (Å²) in [5.41, 5.74) is 3.58. The smallest absolute Gasteiger partial charge is 0.310 e. The maximum Gasteiger partial charge on any atom is 0.310 e. The van der Waals surface area contributed by atoms with Gasteiger partial charge in [0.1, 0.15) is 23.0 Å². The van der Waals surface area contributed by atoms with Gasteiger partial charge in [0.15, 0.2) is 0 Å². The van der Waals surface area contributed by atoms with E-state index >= 15 is 0 Å². The fourth-order valence-corrected chi connectivity index (χ4v) is 6.93. The fourth-order valence-electron chi connectivity index (χ4n) is 6.93. The monoisotopic (exact) mass is 750 g/mol. The molecule has 3 atom stereocenters. The number of rotatable bonds is 19. The van der Waals surface area contributed by atoms with Crippen LogP contribution in [-0.4, -0.2) is 64.3 Å². The topological polar surface area (TPSA) is 137 Å². The van der Waals surface area contributed by atoms with E-state index in [2.05, 4.69) is 34.4 Å². The van der Waals surface area contributed by atoms with Crippen LogP contribution < -0.4 is 24.4 Å². The summed E-state index contributed by atoms with van der Waals surface area (Å²) in [4.78, 5) is 28.3. The highest BCUT2D eigenvalue weighted by atomic mass is 17.0. The highest BCUT2D eigenvalue weighted by Crippen LogP contribution is 2.35. The Morgan fingerprint density at radius 3 is 2.42 bits per heavy atom. The van der Waals surface area contributed by atoms with Crippen LogP contribution in [0, 0.1) is 16.0 Å². The first-order valence-corrected chi connectivity index (χ1v) is 18.3. The van der Waals surface area contributed by atoms with Crippen molar-refractivity contribution in [2.24, 2.45) is 5.92 Å². The summed E-state index contributed by atoms with van der Waals surface area (Å²) < 4.78 is 35.5. The molecule has 0 aromatic heterocycles. The number of esters is 1. The fraction of sp³-hybridized carbons (Fsp3) is 0.326. The number of hydrogen-bond acceptors (Lipinski definition) is 11. The van der Waals surface area contributed by atoms with Gasteiger partial charge in [0.05, 0.1) is 59.8 Å². The number of benzene rings is 5. The van der Waals surface area contributed by atoms with Gasteiger partial charge >= 0.3 is 5.97 Å². The molecule has 0 bridgehead atoms. The first kappa shape index (κ1) is 39.0. The molecule has 0 radical (unpaired) electrons. The molecule has 5 aromatic rings. The van der Waals surface area contributed by atoms with Gasteiger partial charge in [0.2, 0.25) is 0 Å².